The number of amides is 1. The van der Waals surface area contributed by atoms with Gasteiger partial charge in [0.25, 0.3) is 0 Å². The third-order valence-electron chi connectivity index (χ3n) is 7.59. The van der Waals surface area contributed by atoms with E-state index in [-0.39, 0.29) is 41.6 Å². The maximum absolute atomic E-state index is 13.6. The minimum Gasteiger partial charge on any atom is -0.466 e. The summed E-state index contributed by atoms with van der Waals surface area (Å²) in [7, 11) is -4.04. The Kier molecular flexibility index (Phi) is 11.3. The summed E-state index contributed by atoms with van der Waals surface area (Å²) in [6.45, 7) is 7.35. The van der Waals surface area contributed by atoms with E-state index >= 15 is 0 Å². The predicted octanol–water partition coefficient (Wildman–Crippen LogP) is 2.90. The van der Waals surface area contributed by atoms with Crippen molar-refractivity contribution < 1.29 is 22.7 Å². The van der Waals surface area contributed by atoms with E-state index in [2.05, 4.69) is 9.71 Å². The molecule has 3 rings (SSSR count). The number of guanidine groups is 1. The largest absolute Gasteiger partial charge is 0.466 e. The number of aliphatic imine (C=N–C) groups is 1. The first-order valence-electron chi connectivity index (χ1n) is 14.1. The number of rotatable bonds is 13. The van der Waals surface area contributed by atoms with E-state index in [1.54, 1.807) is 24.0 Å². The topological polar surface area (TPSA) is 157 Å². The van der Waals surface area contributed by atoms with Crippen LogP contribution >= 0.6 is 0 Å². The Bertz CT molecular complexity index is 1300. The fraction of sp³-hybridized carbons (Fsp3) is 0.500. The second-order valence-corrected chi connectivity index (χ2v) is 12.6. The van der Waals surface area contributed by atoms with Crippen molar-refractivity contribution in [3.63, 3.8) is 0 Å². The predicted molar refractivity (Wildman–Crippen MR) is 160 cm³/mol. The van der Waals surface area contributed by atoms with Gasteiger partial charge >= 0.3 is 5.97 Å². The molecule has 1 fully saturated rings. The lowest BCUT2D eigenvalue weighted by atomic mass is 9.78. The standard InChI is InChI=1S/C30H43N5O5S/c1-4-40-27(36)20-22-15-18-35(19-16-22)28(37)26(14-9-17-33-29(31)32)34-41(38,39)25-13-8-12-24(21-25)30(2,3)23-10-6-5-7-11-23/h5-8,10-13,21-22,26,34H,4,9,14-20H2,1-3H3,(H4,31,32,33)/t26-/m0/s1. The average molecular weight is 586 g/mol. The molecule has 0 aliphatic carbocycles. The molecule has 10 nitrogen and oxygen atoms in total. The molecule has 2 aromatic carbocycles. The lowest BCUT2D eigenvalue weighted by Gasteiger charge is -2.34. The second-order valence-electron chi connectivity index (χ2n) is 10.9. The third kappa shape index (κ3) is 9.02. The SMILES string of the molecule is CCOC(=O)CC1CCN(C(=O)[C@H](CCCN=C(N)N)NS(=O)(=O)c2cccc(C(C)(C)c3ccccc3)c2)CC1. The van der Waals surface area contributed by atoms with E-state index in [9.17, 15) is 18.0 Å². The van der Waals surface area contributed by atoms with E-state index in [1.807, 2.05) is 50.2 Å². The van der Waals surface area contributed by atoms with Gasteiger partial charge in [-0.2, -0.15) is 4.72 Å². The summed E-state index contributed by atoms with van der Waals surface area (Å²) in [4.78, 5) is 31.2. The molecule has 1 aliphatic rings. The molecule has 0 saturated carbocycles. The molecule has 41 heavy (non-hydrogen) atoms. The molecule has 0 radical (unpaired) electrons. The number of nitrogens with two attached hydrogens (primary N) is 2. The molecule has 5 N–H and O–H groups in total. The van der Waals surface area contributed by atoms with E-state index in [1.165, 1.54) is 6.07 Å². The number of carbonyl (C=O) groups excluding carboxylic acids is 2. The van der Waals surface area contributed by atoms with Crippen LogP contribution in [-0.4, -0.2) is 63.4 Å². The smallest absolute Gasteiger partial charge is 0.306 e. The van der Waals surface area contributed by atoms with Crippen molar-refractivity contribution in [1.29, 1.82) is 0 Å². The summed E-state index contributed by atoms with van der Waals surface area (Å²) < 4.78 is 35.0. The Hall–Kier alpha value is -3.44. The Balaban J connectivity index is 1.77. The van der Waals surface area contributed by atoms with Crippen LogP contribution in [0.2, 0.25) is 0 Å². The van der Waals surface area contributed by atoms with Crippen molar-refractivity contribution in [2.75, 3.05) is 26.2 Å². The van der Waals surface area contributed by atoms with E-state index in [4.69, 9.17) is 16.2 Å². The first-order valence-corrected chi connectivity index (χ1v) is 15.6. The summed E-state index contributed by atoms with van der Waals surface area (Å²) in [6, 6.07) is 15.7. The molecule has 1 saturated heterocycles. The monoisotopic (exact) mass is 585 g/mol. The van der Waals surface area contributed by atoms with Crippen molar-refractivity contribution in [3.05, 3.63) is 65.7 Å². The van der Waals surface area contributed by atoms with Gasteiger partial charge in [-0.05, 0) is 61.8 Å². The fourth-order valence-electron chi connectivity index (χ4n) is 5.10. The first kappa shape index (κ1) is 32.1. The van der Waals surface area contributed by atoms with Gasteiger partial charge < -0.3 is 21.1 Å². The minimum atomic E-state index is -4.04. The molecule has 1 aliphatic heterocycles. The van der Waals surface area contributed by atoms with Crippen LogP contribution in [0.15, 0.2) is 64.5 Å². The Labute approximate surface area is 243 Å². The highest BCUT2D eigenvalue weighted by molar-refractivity contribution is 7.89. The van der Waals surface area contributed by atoms with Gasteiger partial charge in [0.05, 0.1) is 11.5 Å². The zero-order chi connectivity index (χ0) is 30.0. The van der Waals surface area contributed by atoms with Gasteiger partial charge in [0, 0.05) is 31.5 Å². The van der Waals surface area contributed by atoms with Crippen molar-refractivity contribution in [3.8, 4) is 0 Å². The number of sulfonamides is 1. The molecule has 1 amide bonds. The summed E-state index contributed by atoms with van der Waals surface area (Å²) >= 11 is 0. The third-order valence-corrected chi connectivity index (χ3v) is 9.06. The Morgan fingerprint density at radius 3 is 2.37 bits per heavy atom. The van der Waals surface area contributed by atoms with Gasteiger partial charge in [-0.3, -0.25) is 14.6 Å². The number of carbonyl (C=O) groups is 2. The maximum Gasteiger partial charge on any atom is 0.306 e. The number of ether oxygens (including phenoxy) is 1. The molecule has 1 heterocycles. The highest BCUT2D eigenvalue weighted by atomic mass is 32.2. The van der Waals surface area contributed by atoms with Crippen LogP contribution in [-0.2, 0) is 29.8 Å². The highest BCUT2D eigenvalue weighted by Crippen LogP contribution is 2.32. The second kappa shape index (κ2) is 14.5. The quantitative estimate of drug-likeness (QED) is 0.141. The van der Waals surface area contributed by atoms with Crippen molar-refractivity contribution in [1.82, 2.24) is 9.62 Å². The van der Waals surface area contributed by atoms with Gasteiger partial charge in [-0.15, -0.1) is 0 Å². The molecule has 224 valence electrons. The van der Waals surface area contributed by atoms with Crippen LogP contribution in [0.5, 0.6) is 0 Å². The van der Waals surface area contributed by atoms with Crippen molar-refractivity contribution >= 4 is 27.9 Å². The summed E-state index contributed by atoms with van der Waals surface area (Å²) in [5.41, 5.74) is 12.3. The molecule has 0 aromatic heterocycles. The number of nitrogens with one attached hydrogen (secondary N) is 1. The molecular weight excluding hydrogens is 542 g/mol. The molecule has 0 unspecified atom stereocenters. The lowest BCUT2D eigenvalue weighted by molar-refractivity contribution is -0.144. The highest BCUT2D eigenvalue weighted by Gasteiger charge is 2.33. The number of esters is 1. The fourth-order valence-corrected chi connectivity index (χ4v) is 6.37. The normalized spacial score (nSPS) is 15.2. The van der Waals surface area contributed by atoms with E-state index < -0.39 is 21.5 Å². The Morgan fingerprint density at radius 2 is 1.73 bits per heavy atom. The van der Waals surface area contributed by atoms with Gasteiger partial charge in [0.15, 0.2) is 5.96 Å². The summed E-state index contributed by atoms with van der Waals surface area (Å²) in [6.07, 6.45) is 2.26. The lowest BCUT2D eigenvalue weighted by Crippen LogP contribution is -2.50. The number of piperidine rings is 1. The number of hydrogen-bond donors (Lipinski definition) is 3. The number of likely N-dealkylation sites (tertiary alicyclic amines) is 1. The van der Waals surface area contributed by atoms with Gasteiger partial charge in [0.1, 0.15) is 6.04 Å². The Morgan fingerprint density at radius 1 is 1.07 bits per heavy atom. The van der Waals surface area contributed by atoms with Gasteiger partial charge in [-0.25, -0.2) is 8.42 Å². The van der Waals surface area contributed by atoms with E-state index in [0.29, 0.717) is 45.4 Å². The minimum absolute atomic E-state index is 0.0602. The first-order chi connectivity index (χ1) is 19.4. The summed E-state index contributed by atoms with van der Waals surface area (Å²) in [5, 5.41) is 0. The van der Waals surface area contributed by atoms with Crippen LogP contribution < -0.4 is 16.2 Å². The van der Waals surface area contributed by atoms with Crippen LogP contribution in [0.3, 0.4) is 0 Å². The van der Waals surface area contributed by atoms with Gasteiger partial charge in [-0.1, -0.05) is 56.3 Å². The number of benzene rings is 2. The molecule has 2 aromatic rings. The maximum atomic E-state index is 13.6. The van der Waals surface area contributed by atoms with Crippen LogP contribution in [0.4, 0.5) is 0 Å². The summed E-state index contributed by atoms with van der Waals surface area (Å²) in [5.74, 6) is -0.463. The van der Waals surface area contributed by atoms with Crippen LogP contribution in [0, 0.1) is 5.92 Å². The number of nitrogens with zero attached hydrogens (tertiary/aromatic N) is 2. The molecule has 0 spiro atoms. The molecule has 0 bridgehead atoms. The average Bonchev–Trinajstić information content (AvgIpc) is 2.95. The van der Waals surface area contributed by atoms with Crippen molar-refractivity contribution in [2.45, 2.75) is 69.2 Å². The van der Waals surface area contributed by atoms with E-state index in [0.717, 1.165) is 11.1 Å². The zero-order valence-corrected chi connectivity index (χ0v) is 25.0. The molecule has 11 heteroatoms. The van der Waals surface area contributed by atoms with Gasteiger partial charge in [0.2, 0.25) is 15.9 Å². The van der Waals surface area contributed by atoms with Crippen LogP contribution in [0.1, 0.15) is 64.0 Å². The molecule has 1 atom stereocenters. The molecular formula is C30H43N5O5S. The van der Waals surface area contributed by atoms with Crippen LogP contribution in [0.25, 0.3) is 0 Å². The number of hydrogen-bond acceptors (Lipinski definition) is 6. The van der Waals surface area contributed by atoms with Crippen molar-refractivity contribution in [2.24, 2.45) is 22.4 Å². The zero-order valence-electron chi connectivity index (χ0n) is 24.2.